The van der Waals surface area contributed by atoms with E-state index in [0.29, 0.717) is 6.04 Å². The first-order chi connectivity index (χ1) is 7.71. The monoisotopic (exact) mass is 235 g/mol. The van der Waals surface area contributed by atoms with E-state index in [1.54, 1.807) is 0 Å². The molecule has 0 saturated heterocycles. The van der Waals surface area contributed by atoms with Crippen LogP contribution in [0.3, 0.4) is 0 Å². The topological polar surface area (TPSA) is 43.8 Å². The van der Waals surface area contributed by atoms with Crippen molar-refractivity contribution in [2.75, 3.05) is 0 Å². The maximum Gasteiger partial charge on any atom is 0.0634 e. The second kappa shape index (κ2) is 3.58. The van der Waals surface area contributed by atoms with Crippen LogP contribution in [0.25, 0.3) is 0 Å². The minimum Gasteiger partial charge on any atom is -0.325 e. The summed E-state index contributed by atoms with van der Waals surface area (Å²) in [5, 5.41) is 4.69. The highest BCUT2D eigenvalue weighted by Crippen LogP contribution is 2.56. The van der Waals surface area contributed by atoms with Gasteiger partial charge in [0.1, 0.15) is 0 Å². The van der Waals surface area contributed by atoms with Crippen LogP contribution < -0.4 is 5.73 Å². The quantitative estimate of drug-likeness (QED) is 0.875. The Hall–Kier alpha value is -0.830. The van der Waals surface area contributed by atoms with Gasteiger partial charge < -0.3 is 5.73 Å². The molecule has 2 rings (SSSR count). The second-order valence-electron chi connectivity index (χ2n) is 6.39. The van der Waals surface area contributed by atoms with E-state index in [1.807, 2.05) is 0 Å². The highest BCUT2D eigenvalue weighted by Gasteiger charge is 2.56. The predicted octanol–water partition coefficient (Wildman–Crippen LogP) is 2.85. The van der Waals surface area contributed by atoms with Crippen molar-refractivity contribution in [1.29, 1.82) is 0 Å². The zero-order valence-corrected chi connectivity index (χ0v) is 12.0. The van der Waals surface area contributed by atoms with E-state index in [1.165, 1.54) is 24.1 Å². The number of hydrogen-bond acceptors (Lipinski definition) is 2. The number of rotatable bonds is 3. The Bertz CT molecular complexity index is 431. The average molecular weight is 235 g/mol. The van der Waals surface area contributed by atoms with Crippen LogP contribution in [0.4, 0.5) is 0 Å². The van der Waals surface area contributed by atoms with Crippen molar-refractivity contribution in [3.05, 3.63) is 17.0 Å². The molecule has 1 aliphatic carbocycles. The molecule has 0 radical (unpaired) electrons. The van der Waals surface area contributed by atoms with E-state index < -0.39 is 0 Å². The van der Waals surface area contributed by atoms with Gasteiger partial charge >= 0.3 is 0 Å². The minimum absolute atomic E-state index is 0.159. The van der Waals surface area contributed by atoms with E-state index in [0.717, 1.165) is 5.69 Å². The van der Waals surface area contributed by atoms with Gasteiger partial charge in [0.2, 0.25) is 0 Å². The van der Waals surface area contributed by atoms with Crippen molar-refractivity contribution >= 4 is 0 Å². The second-order valence-corrected chi connectivity index (χ2v) is 6.39. The molecule has 0 unspecified atom stereocenters. The van der Waals surface area contributed by atoms with Gasteiger partial charge in [-0.05, 0) is 54.4 Å². The summed E-state index contributed by atoms with van der Waals surface area (Å²) in [4.78, 5) is 0. The summed E-state index contributed by atoms with van der Waals surface area (Å²) in [7, 11) is 0. The zero-order chi connectivity index (χ0) is 13.0. The Morgan fingerprint density at radius 3 is 2.12 bits per heavy atom. The third-order valence-corrected chi connectivity index (χ3v) is 4.28. The van der Waals surface area contributed by atoms with Gasteiger partial charge in [-0.1, -0.05) is 0 Å². The fourth-order valence-corrected chi connectivity index (χ4v) is 3.20. The lowest BCUT2D eigenvalue weighted by Gasteiger charge is -2.31. The Morgan fingerprint density at radius 2 is 1.82 bits per heavy atom. The first-order valence-corrected chi connectivity index (χ1v) is 6.56. The lowest BCUT2D eigenvalue weighted by Crippen LogP contribution is -2.45. The molecule has 0 amide bonds. The Morgan fingerprint density at radius 1 is 1.29 bits per heavy atom. The van der Waals surface area contributed by atoms with E-state index in [-0.39, 0.29) is 11.0 Å². The van der Waals surface area contributed by atoms with E-state index in [2.05, 4.69) is 46.2 Å². The SMILES string of the molecule is Cc1nn(C(C)C)c(C)c1C1(C(C)(C)N)CC1. The largest absolute Gasteiger partial charge is 0.325 e. The van der Waals surface area contributed by atoms with E-state index >= 15 is 0 Å². The number of aryl methyl sites for hydroxylation is 1. The van der Waals surface area contributed by atoms with Crippen LogP contribution in [0.5, 0.6) is 0 Å². The molecule has 0 bridgehead atoms. The highest BCUT2D eigenvalue weighted by molar-refractivity contribution is 5.42. The molecule has 1 aliphatic rings. The zero-order valence-electron chi connectivity index (χ0n) is 12.0. The lowest BCUT2D eigenvalue weighted by molar-refractivity contribution is 0.388. The van der Waals surface area contributed by atoms with Gasteiger partial charge in [0, 0.05) is 28.3 Å². The number of nitrogens with two attached hydrogens (primary N) is 1. The molecule has 0 spiro atoms. The molecule has 1 heterocycles. The third kappa shape index (κ3) is 1.71. The molecule has 0 aromatic carbocycles. The maximum atomic E-state index is 6.39. The summed E-state index contributed by atoms with van der Waals surface area (Å²) in [5.41, 5.74) is 10.3. The first kappa shape index (κ1) is 12.6. The van der Waals surface area contributed by atoms with Gasteiger partial charge in [0.05, 0.1) is 5.69 Å². The molecule has 1 saturated carbocycles. The smallest absolute Gasteiger partial charge is 0.0634 e. The predicted molar refractivity (Wildman–Crippen MR) is 71.3 cm³/mol. The van der Waals surface area contributed by atoms with Crippen LogP contribution in [-0.4, -0.2) is 15.3 Å². The van der Waals surface area contributed by atoms with E-state index in [4.69, 9.17) is 10.8 Å². The van der Waals surface area contributed by atoms with Crippen LogP contribution in [-0.2, 0) is 5.41 Å². The molecule has 17 heavy (non-hydrogen) atoms. The fourth-order valence-electron chi connectivity index (χ4n) is 3.20. The van der Waals surface area contributed by atoms with Crippen LogP contribution in [0, 0.1) is 13.8 Å². The van der Waals surface area contributed by atoms with Gasteiger partial charge in [-0.15, -0.1) is 0 Å². The number of aromatic nitrogens is 2. The Balaban J connectivity index is 2.54. The normalized spacial score (nSPS) is 18.8. The number of nitrogens with zero attached hydrogens (tertiary/aromatic N) is 2. The summed E-state index contributed by atoms with van der Waals surface area (Å²) in [5.74, 6) is 0. The molecule has 2 N–H and O–H groups in total. The lowest BCUT2D eigenvalue weighted by atomic mass is 9.78. The molecule has 3 nitrogen and oxygen atoms in total. The van der Waals surface area contributed by atoms with Crippen molar-refractivity contribution in [3.63, 3.8) is 0 Å². The first-order valence-electron chi connectivity index (χ1n) is 6.56. The van der Waals surface area contributed by atoms with Crippen molar-refractivity contribution in [2.45, 2.75) is 71.4 Å². The molecule has 0 aliphatic heterocycles. The Kier molecular flexibility index (Phi) is 2.66. The molecule has 1 fully saturated rings. The average Bonchev–Trinajstić information content (AvgIpc) is 2.89. The molecule has 0 atom stereocenters. The summed E-state index contributed by atoms with van der Waals surface area (Å²) >= 11 is 0. The van der Waals surface area contributed by atoms with Gasteiger partial charge in [0.15, 0.2) is 0 Å². The van der Waals surface area contributed by atoms with Gasteiger partial charge in [-0.25, -0.2) is 0 Å². The molecular weight excluding hydrogens is 210 g/mol. The molecular formula is C14H25N3. The van der Waals surface area contributed by atoms with Gasteiger partial charge in [-0.3, -0.25) is 4.68 Å². The summed E-state index contributed by atoms with van der Waals surface area (Å²) in [6.45, 7) is 12.9. The van der Waals surface area contributed by atoms with Crippen molar-refractivity contribution in [1.82, 2.24) is 9.78 Å². The van der Waals surface area contributed by atoms with E-state index in [9.17, 15) is 0 Å². The summed E-state index contributed by atoms with van der Waals surface area (Å²) in [6, 6.07) is 0.416. The summed E-state index contributed by atoms with van der Waals surface area (Å²) in [6.07, 6.45) is 2.39. The molecule has 3 heteroatoms. The van der Waals surface area contributed by atoms with Crippen molar-refractivity contribution in [2.24, 2.45) is 5.73 Å². The van der Waals surface area contributed by atoms with Crippen molar-refractivity contribution in [3.8, 4) is 0 Å². The fraction of sp³-hybridized carbons (Fsp3) is 0.786. The maximum absolute atomic E-state index is 6.39. The number of hydrogen-bond donors (Lipinski definition) is 1. The standard InChI is InChI=1S/C14H25N3/c1-9(2)17-11(4)12(10(3)16-17)14(7-8-14)13(5,6)15/h9H,7-8,15H2,1-6H3. The third-order valence-electron chi connectivity index (χ3n) is 4.28. The van der Waals surface area contributed by atoms with Crippen LogP contribution in [0.2, 0.25) is 0 Å². The Labute approximate surface area is 104 Å². The van der Waals surface area contributed by atoms with Crippen molar-refractivity contribution < 1.29 is 0 Å². The van der Waals surface area contributed by atoms with Crippen LogP contribution in [0.1, 0.15) is 63.5 Å². The molecule has 96 valence electrons. The van der Waals surface area contributed by atoms with Crippen LogP contribution in [0.15, 0.2) is 0 Å². The summed E-state index contributed by atoms with van der Waals surface area (Å²) < 4.78 is 2.14. The van der Waals surface area contributed by atoms with Crippen LogP contribution >= 0.6 is 0 Å². The van der Waals surface area contributed by atoms with Gasteiger partial charge in [-0.2, -0.15) is 5.10 Å². The molecule has 1 aromatic rings. The van der Waals surface area contributed by atoms with Gasteiger partial charge in [0.25, 0.3) is 0 Å². The minimum atomic E-state index is -0.159. The highest BCUT2D eigenvalue weighted by atomic mass is 15.3. The molecule has 1 aromatic heterocycles.